The third-order valence-electron chi connectivity index (χ3n) is 5.17. The van der Waals surface area contributed by atoms with Gasteiger partial charge in [-0.25, -0.2) is 4.79 Å². The molecule has 2 aromatic carbocycles. The van der Waals surface area contributed by atoms with Crippen molar-refractivity contribution < 1.29 is 14.3 Å². The molecular weight excluding hydrogens is 376 g/mol. The maximum atomic E-state index is 12.1. The highest BCUT2D eigenvalue weighted by Gasteiger charge is 2.29. The summed E-state index contributed by atoms with van der Waals surface area (Å²) in [5, 5.41) is 5.21. The van der Waals surface area contributed by atoms with Gasteiger partial charge in [-0.1, -0.05) is 44.0 Å². The molecule has 0 aromatic heterocycles. The van der Waals surface area contributed by atoms with Crippen molar-refractivity contribution in [1.82, 2.24) is 5.32 Å². The van der Waals surface area contributed by atoms with Crippen molar-refractivity contribution in [3.8, 4) is 5.75 Å². The van der Waals surface area contributed by atoms with Gasteiger partial charge in [0.2, 0.25) is 0 Å². The van der Waals surface area contributed by atoms with E-state index in [-0.39, 0.29) is 11.7 Å². The molecular formula is C22H25ClN2O3. The maximum absolute atomic E-state index is 12.1. The molecule has 148 valence electrons. The highest BCUT2D eigenvalue weighted by atomic mass is 35.5. The molecule has 3 amide bonds. The number of halogens is 1. The minimum atomic E-state index is -0.617. The Kier molecular flexibility index (Phi) is 6.57. The predicted molar refractivity (Wildman–Crippen MR) is 111 cm³/mol. The molecule has 5 nitrogen and oxygen atoms in total. The molecule has 0 heterocycles. The van der Waals surface area contributed by atoms with E-state index in [0.29, 0.717) is 22.5 Å². The highest BCUT2D eigenvalue weighted by Crippen LogP contribution is 2.32. The number of carbonyl (C=O) groups excluding carboxylic acids is 2. The molecule has 2 atom stereocenters. The second-order valence-corrected chi connectivity index (χ2v) is 7.79. The van der Waals surface area contributed by atoms with Crippen LogP contribution in [-0.4, -0.2) is 18.0 Å². The zero-order valence-electron chi connectivity index (χ0n) is 16.1. The molecule has 28 heavy (non-hydrogen) atoms. The van der Waals surface area contributed by atoms with E-state index < -0.39 is 11.9 Å². The van der Waals surface area contributed by atoms with E-state index >= 15 is 0 Å². The van der Waals surface area contributed by atoms with Crippen LogP contribution in [0.2, 0.25) is 5.02 Å². The lowest BCUT2D eigenvalue weighted by Crippen LogP contribution is -2.35. The molecule has 0 spiro atoms. The van der Waals surface area contributed by atoms with E-state index in [2.05, 4.69) is 24.5 Å². The van der Waals surface area contributed by atoms with Crippen molar-refractivity contribution >= 4 is 29.2 Å². The highest BCUT2D eigenvalue weighted by molar-refractivity contribution is 6.34. The van der Waals surface area contributed by atoms with Crippen molar-refractivity contribution in [2.45, 2.75) is 39.2 Å². The molecule has 0 saturated heterocycles. The molecule has 2 N–H and O–H groups in total. The molecule has 3 rings (SSSR count). The molecule has 2 unspecified atom stereocenters. The van der Waals surface area contributed by atoms with Gasteiger partial charge >= 0.3 is 6.03 Å². The van der Waals surface area contributed by atoms with E-state index in [1.54, 1.807) is 36.4 Å². The average molecular weight is 401 g/mol. The lowest BCUT2D eigenvalue weighted by molar-refractivity contribution is 0.0553. The Hall–Kier alpha value is -2.53. The summed E-state index contributed by atoms with van der Waals surface area (Å²) in [4.78, 5) is 24.2. The first-order valence-corrected chi connectivity index (χ1v) is 9.95. The first-order chi connectivity index (χ1) is 13.4. The van der Waals surface area contributed by atoms with Gasteiger partial charge in [0, 0.05) is 5.69 Å². The maximum Gasteiger partial charge on any atom is 0.326 e. The monoisotopic (exact) mass is 400 g/mol. The fraction of sp³-hybridized carbons (Fsp3) is 0.364. The lowest BCUT2D eigenvalue weighted by Gasteiger charge is -2.34. The molecule has 0 aliphatic heterocycles. The SMILES string of the molecule is CC1CCCC(C)C1Oc1ccc(NC(=O)NC(=O)c2ccccc2Cl)cc1. The number of rotatable bonds is 4. The lowest BCUT2D eigenvalue weighted by atomic mass is 9.80. The number of anilines is 1. The van der Waals surface area contributed by atoms with Crippen LogP contribution in [0.5, 0.6) is 5.75 Å². The Labute approximate surface area is 170 Å². The van der Waals surface area contributed by atoms with Crippen LogP contribution in [0.1, 0.15) is 43.5 Å². The minimum absolute atomic E-state index is 0.212. The Morgan fingerprint density at radius 1 is 1.00 bits per heavy atom. The number of ether oxygens (including phenoxy) is 1. The van der Waals surface area contributed by atoms with Crippen LogP contribution >= 0.6 is 11.6 Å². The Morgan fingerprint density at radius 3 is 2.29 bits per heavy atom. The zero-order chi connectivity index (χ0) is 20.1. The summed E-state index contributed by atoms with van der Waals surface area (Å²) < 4.78 is 6.18. The summed E-state index contributed by atoms with van der Waals surface area (Å²) in [6, 6.07) is 13.1. The predicted octanol–water partition coefficient (Wildman–Crippen LogP) is 5.51. The van der Waals surface area contributed by atoms with Gasteiger partial charge in [0.1, 0.15) is 11.9 Å². The minimum Gasteiger partial charge on any atom is -0.490 e. The normalized spacial score (nSPS) is 21.6. The first kappa shape index (κ1) is 20.2. The molecule has 1 aliphatic rings. The summed E-state index contributed by atoms with van der Waals surface area (Å²) in [6.07, 6.45) is 3.85. The van der Waals surface area contributed by atoms with Gasteiger partial charge in [-0.05, 0) is 61.1 Å². The molecule has 6 heteroatoms. The van der Waals surface area contributed by atoms with Crippen molar-refractivity contribution in [1.29, 1.82) is 0 Å². The molecule has 1 aliphatic carbocycles. The summed E-state index contributed by atoms with van der Waals surface area (Å²) in [6.45, 7) is 4.47. The summed E-state index contributed by atoms with van der Waals surface area (Å²) in [5.41, 5.74) is 0.820. The van der Waals surface area contributed by atoms with Gasteiger partial charge in [-0.2, -0.15) is 0 Å². The summed E-state index contributed by atoms with van der Waals surface area (Å²) >= 11 is 5.97. The van der Waals surface area contributed by atoms with Gasteiger partial charge < -0.3 is 10.1 Å². The third-order valence-corrected chi connectivity index (χ3v) is 5.50. The van der Waals surface area contributed by atoms with Crippen LogP contribution in [0.3, 0.4) is 0 Å². The number of nitrogens with one attached hydrogen (secondary N) is 2. The van der Waals surface area contributed by atoms with Crippen molar-refractivity contribution in [2.75, 3.05) is 5.32 Å². The quantitative estimate of drug-likeness (QED) is 0.711. The van der Waals surface area contributed by atoms with Gasteiger partial charge in [0.15, 0.2) is 0 Å². The number of benzene rings is 2. The summed E-state index contributed by atoms with van der Waals surface area (Å²) in [7, 11) is 0. The van der Waals surface area contributed by atoms with Crippen molar-refractivity contribution in [3.05, 3.63) is 59.1 Å². The number of hydrogen-bond donors (Lipinski definition) is 2. The standard InChI is InChI=1S/C22H25ClN2O3/c1-14-6-5-7-15(2)20(14)28-17-12-10-16(11-13-17)24-22(27)25-21(26)18-8-3-4-9-19(18)23/h3-4,8-15,20H,5-7H2,1-2H3,(H2,24,25,26,27). The number of amides is 3. The molecule has 0 radical (unpaired) electrons. The number of carbonyl (C=O) groups is 2. The van der Waals surface area contributed by atoms with Crippen molar-refractivity contribution in [2.24, 2.45) is 11.8 Å². The Balaban J connectivity index is 1.56. The average Bonchev–Trinajstić information content (AvgIpc) is 2.66. The largest absolute Gasteiger partial charge is 0.490 e. The van der Waals surface area contributed by atoms with E-state index in [0.717, 1.165) is 5.75 Å². The fourth-order valence-electron chi connectivity index (χ4n) is 3.64. The van der Waals surface area contributed by atoms with E-state index in [1.165, 1.54) is 19.3 Å². The van der Waals surface area contributed by atoms with Gasteiger partial charge in [0.25, 0.3) is 5.91 Å². The van der Waals surface area contributed by atoms with Crippen LogP contribution < -0.4 is 15.4 Å². The number of hydrogen-bond acceptors (Lipinski definition) is 3. The zero-order valence-corrected chi connectivity index (χ0v) is 16.8. The second kappa shape index (κ2) is 9.11. The van der Waals surface area contributed by atoms with Crippen LogP contribution in [-0.2, 0) is 0 Å². The van der Waals surface area contributed by atoms with Crippen LogP contribution in [0.15, 0.2) is 48.5 Å². The number of urea groups is 1. The topological polar surface area (TPSA) is 67.4 Å². The van der Waals surface area contributed by atoms with Crippen LogP contribution in [0, 0.1) is 11.8 Å². The molecule has 1 fully saturated rings. The first-order valence-electron chi connectivity index (χ1n) is 9.57. The number of imide groups is 1. The fourth-order valence-corrected chi connectivity index (χ4v) is 3.86. The smallest absolute Gasteiger partial charge is 0.326 e. The molecule has 2 aromatic rings. The van der Waals surface area contributed by atoms with E-state index in [4.69, 9.17) is 16.3 Å². The van der Waals surface area contributed by atoms with Crippen molar-refractivity contribution in [3.63, 3.8) is 0 Å². The third kappa shape index (κ3) is 5.04. The second-order valence-electron chi connectivity index (χ2n) is 7.38. The van der Waals surface area contributed by atoms with Gasteiger partial charge in [-0.3, -0.25) is 10.1 Å². The van der Waals surface area contributed by atoms with Gasteiger partial charge in [0.05, 0.1) is 10.6 Å². The van der Waals surface area contributed by atoms with E-state index in [9.17, 15) is 9.59 Å². The molecule has 0 bridgehead atoms. The Morgan fingerprint density at radius 2 is 1.64 bits per heavy atom. The van der Waals surface area contributed by atoms with Crippen LogP contribution in [0.4, 0.5) is 10.5 Å². The Bertz CT molecular complexity index is 828. The summed E-state index contributed by atoms with van der Waals surface area (Å²) in [5.74, 6) is 1.29. The van der Waals surface area contributed by atoms with Gasteiger partial charge in [-0.15, -0.1) is 0 Å². The molecule has 1 saturated carbocycles. The van der Waals surface area contributed by atoms with Crippen LogP contribution in [0.25, 0.3) is 0 Å². The van der Waals surface area contributed by atoms with E-state index in [1.807, 2.05) is 12.1 Å².